The second-order valence-corrected chi connectivity index (χ2v) is 10.8. The molecule has 5 rings (SSSR count). The number of anilines is 1. The van der Waals surface area contributed by atoms with Crippen LogP contribution in [0.15, 0.2) is 30.3 Å². The quantitative estimate of drug-likeness (QED) is 0.718. The van der Waals surface area contributed by atoms with Crippen molar-refractivity contribution in [3.05, 3.63) is 58.1 Å². The largest absolute Gasteiger partial charge is 0.485 e. The van der Waals surface area contributed by atoms with E-state index in [9.17, 15) is 0 Å². The maximum Gasteiger partial charge on any atom is 0.127 e. The summed E-state index contributed by atoms with van der Waals surface area (Å²) in [6.07, 6.45) is 4.59. The van der Waals surface area contributed by atoms with Gasteiger partial charge in [-0.1, -0.05) is 30.3 Å². The van der Waals surface area contributed by atoms with Crippen LogP contribution in [0.5, 0.6) is 5.75 Å². The van der Waals surface area contributed by atoms with Crippen LogP contribution in [0, 0.1) is 13.8 Å². The number of fused-ring (bicyclic) bond motifs is 2. The Morgan fingerprint density at radius 1 is 0.967 bits per heavy atom. The van der Waals surface area contributed by atoms with Gasteiger partial charge in [0.15, 0.2) is 0 Å². The van der Waals surface area contributed by atoms with Gasteiger partial charge in [-0.15, -0.1) is 0 Å². The number of likely N-dealkylation sites (tertiary alicyclic amines) is 1. The Bertz CT molecular complexity index is 912. The molecule has 2 aromatic rings. The molecule has 1 unspecified atom stereocenters. The molecule has 1 atom stereocenters. The van der Waals surface area contributed by atoms with Gasteiger partial charge in [0.1, 0.15) is 11.4 Å². The average molecular weight is 405 g/mol. The molecule has 1 fully saturated rings. The molecule has 3 heteroatoms. The number of hydrogen-bond acceptors (Lipinski definition) is 3. The molecule has 3 heterocycles. The van der Waals surface area contributed by atoms with Gasteiger partial charge in [0.25, 0.3) is 0 Å². The summed E-state index contributed by atoms with van der Waals surface area (Å²) in [7, 11) is 0. The van der Waals surface area contributed by atoms with Crippen LogP contribution in [0.1, 0.15) is 67.3 Å². The summed E-state index contributed by atoms with van der Waals surface area (Å²) in [6.45, 7) is 14.8. The molecule has 0 aliphatic carbocycles. The molecule has 2 aromatic carbocycles. The Morgan fingerprint density at radius 2 is 1.67 bits per heavy atom. The van der Waals surface area contributed by atoms with Crippen molar-refractivity contribution in [2.45, 2.75) is 77.4 Å². The van der Waals surface area contributed by atoms with Crippen LogP contribution >= 0.6 is 0 Å². The Balaban J connectivity index is 1.29. The summed E-state index contributed by atoms with van der Waals surface area (Å²) in [6, 6.07) is 11.0. The number of nitrogens with zero attached hydrogens (tertiary/aromatic N) is 1. The molecule has 160 valence electrons. The van der Waals surface area contributed by atoms with Crippen molar-refractivity contribution in [3.8, 4) is 5.75 Å². The number of rotatable bonds is 3. The highest BCUT2D eigenvalue weighted by atomic mass is 16.5. The zero-order valence-electron chi connectivity index (χ0n) is 19.3. The molecule has 0 radical (unpaired) electrons. The van der Waals surface area contributed by atoms with Gasteiger partial charge in [0.05, 0.1) is 0 Å². The van der Waals surface area contributed by atoms with Crippen LogP contribution < -0.4 is 10.1 Å². The van der Waals surface area contributed by atoms with Crippen LogP contribution in [0.3, 0.4) is 0 Å². The van der Waals surface area contributed by atoms with Crippen molar-refractivity contribution >= 4 is 5.69 Å². The van der Waals surface area contributed by atoms with Crippen LogP contribution in [-0.2, 0) is 12.8 Å². The number of ether oxygens (including phenoxy) is 1. The number of piperidine rings is 1. The van der Waals surface area contributed by atoms with E-state index in [1.165, 1.54) is 65.2 Å². The fourth-order valence-corrected chi connectivity index (χ4v) is 6.03. The number of benzene rings is 2. The Labute approximate surface area is 181 Å². The van der Waals surface area contributed by atoms with Crippen molar-refractivity contribution in [2.24, 2.45) is 0 Å². The van der Waals surface area contributed by atoms with E-state index in [2.05, 4.69) is 75.2 Å². The van der Waals surface area contributed by atoms with Gasteiger partial charge >= 0.3 is 0 Å². The van der Waals surface area contributed by atoms with Gasteiger partial charge in [-0.2, -0.15) is 0 Å². The monoisotopic (exact) mass is 404 g/mol. The standard InChI is InChI=1S/C27H36N2O/c1-18-23-16-27(5,30-25(23)19(2)22-15-26(3,4)28-24(18)22)17-29-13-11-21(12-14-29)20-9-7-6-8-10-20/h6-10,21,28H,11-17H2,1-5H3. The van der Waals surface area contributed by atoms with E-state index in [-0.39, 0.29) is 11.1 Å². The van der Waals surface area contributed by atoms with Gasteiger partial charge in [0, 0.05) is 29.8 Å². The predicted molar refractivity (Wildman–Crippen MR) is 125 cm³/mol. The summed E-state index contributed by atoms with van der Waals surface area (Å²) in [5, 5.41) is 3.78. The van der Waals surface area contributed by atoms with E-state index in [0.717, 1.165) is 19.4 Å². The molecule has 30 heavy (non-hydrogen) atoms. The van der Waals surface area contributed by atoms with E-state index >= 15 is 0 Å². The number of hydrogen-bond donors (Lipinski definition) is 1. The molecule has 3 aliphatic heterocycles. The molecule has 0 aromatic heterocycles. The third-order valence-corrected chi connectivity index (χ3v) is 7.59. The minimum Gasteiger partial charge on any atom is -0.485 e. The third-order valence-electron chi connectivity index (χ3n) is 7.59. The first-order valence-electron chi connectivity index (χ1n) is 11.6. The molecule has 0 bridgehead atoms. The van der Waals surface area contributed by atoms with Gasteiger partial charge in [-0.3, -0.25) is 4.90 Å². The first-order valence-corrected chi connectivity index (χ1v) is 11.6. The minimum absolute atomic E-state index is 0.123. The highest BCUT2D eigenvalue weighted by molar-refractivity contribution is 5.73. The molecule has 3 nitrogen and oxygen atoms in total. The fraction of sp³-hybridized carbons (Fsp3) is 0.556. The lowest BCUT2D eigenvalue weighted by molar-refractivity contribution is 0.0523. The highest BCUT2D eigenvalue weighted by Crippen LogP contribution is 2.48. The Morgan fingerprint density at radius 3 is 2.37 bits per heavy atom. The molecule has 0 spiro atoms. The first-order chi connectivity index (χ1) is 14.2. The van der Waals surface area contributed by atoms with Crippen LogP contribution in [0.2, 0.25) is 0 Å². The van der Waals surface area contributed by atoms with Gasteiger partial charge in [0.2, 0.25) is 0 Å². The van der Waals surface area contributed by atoms with Crippen LogP contribution in [0.25, 0.3) is 0 Å². The highest BCUT2D eigenvalue weighted by Gasteiger charge is 2.42. The molecule has 0 saturated carbocycles. The molecule has 3 aliphatic rings. The minimum atomic E-state index is -0.123. The average Bonchev–Trinajstić information content (AvgIpc) is 3.24. The smallest absolute Gasteiger partial charge is 0.127 e. The summed E-state index contributed by atoms with van der Waals surface area (Å²) < 4.78 is 6.74. The third kappa shape index (κ3) is 3.41. The van der Waals surface area contributed by atoms with Crippen LogP contribution in [0.4, 0.5) is 5.69 Å². The van der Waals surface area contributed by atoms with Crippen molar-refractivity contribution in [1.82, 2.24) is 4.90 Å². The van der Waals surface area contributed by atoms with Crippen molar-refractivity contribution in [2.75, 3.05) is 25.0 Å². The maximum absolute atomic E-state index is 6.74. The first kappa shape index (κ1) is 19.9. The second-order valence-electron chi connectivity index (χ2n) is 10.8. The zero-order valence-corrected chi connectivity index (χ0v) is 19.3. The van der Waals surface area contributed by atoms with E-state index in [0.29, 0.717) is 5.92 Å². The lowest BCUT2D eigenvalue weighted by Crippen LogP contribution is -2.47. The summed E-state index contributed by atoms with van der Waals surface area (Å²) in [4.78, 5) is 2.63. The summed E-state index contributed by atoms with van der Waals surface area (Å²) in [5.41, 5.74) is 8.54. The molecular formula is C27H36N2O. The predicted octanol–water partition coefficient (Wildman–Crippen LogP) is 5.62. The maximum atomic E-state index is 6.74. The Hall–Kier alpha value is -2.00. The van der Waals surface area contributed by atoms with Crippen molar-refractivity contribution in [3.63, 3.8) is 0 Å². The van der Waals surface area contributed by atoms with E-state index in [1.54, 1.807) is 0 Å². The lowest BCUT2D eigenvalue weighted by Gasteiger charge is -2.37. The van der Waals surface area contributed by atoms with Gasteiger partial charge in [-0.25, -0.2) is 0 Å². The zero-order chi connectivity index (χ0) is 21.1. The lowest BCUT2D eigenvalue weighted by atomic mass is 9.88. The molecule has 1 saturated heterocycles. The Kier molecular flexibility index (Phi) is 4.66. The fourth-order valence-electron chi connectivity index (χ4n) is 6.03. The summed E-state index contributed by atoms with van der Waals surface area (Å²) in [5.74, 6) is 1.88. The second kappa shape index (κ2) is 7.02. The molecule has 0 amide bonds. The van der Waals surface area contributed by atoms with Gasteiger partial charge < -0.3 is 10.1 Å². The van der Waals surface area contributed by atoms with E-state index in [4.69, 9.17) is 4.74 Å². The van der Waals surface area contributed by atoms with Crippen LogP contribution in [-0.4, -0.2) is 35.7 Å². The van der Waals surface area contributed by atoms with E-state index in [1.807, 2.05) is 0 Å². The molecular weight excluding hydrogens is 368 g/mol. The van der Waals surface area contributed by atoms with Crippen molar-refractivity contribution < 1.29 is 4.74 Å². The summed E-state index contributed by atoms with van der Waals surface area (Å²) >= 11 is 0. The van der Waals surface area contributed by atoms with Gasteiger partial charge in [-0.05, 0) is 95.1 Å². The normalized spacial score (nSPS) is 25.5. The number of nitrogens with one attached hydrogen (secondary N) is 1. The SMILES string of the molecule is Cc1c2c(c(C)c3c1NC(C)(C)C3)OC(C)(CN1CCC(c3ccccc3)CC1)C2. The van der Waals surface area contributed by atoms with Crippen molar-refractivity contribution in [1.29, 1.82) is 0 Å². The topological polar surface area (TPSA) is 24.5 Å². The molecule has 1 N–H and O–H groups in total. The van der Waals surface area contributed by atoms with E-state index < -0.39 is 0 Å².